The van der Waals surface area contributed by atoms with Gasteiger partial charge in [-0.2, -0.15) is 0 Å². The molecule has 0 spiro atoms. The van der Waals surface area contributed by atoms with Gasteiger partial charge < -0.3 is 14.5 Å². The molecule has 0 saturated carbocycles. The molecular formula is C20H26N6O2. The number of fused-ring (bicyclic) bond motifs is 1. The second-order valence-electron chi connectivity index (χ2n) is 7.50. The number of hydrogen-bond acceptors (Lipinski definition) is 7. The maximum atomic E-state index is 12.7. The molecule has 0 bridgehead atoms. The van der Waals surface area contributed by atoms with Crippen LogP contribution in [0, 0.1) is 0 Å². The van der Waals surface area contributed by atoms with Crippen LogP contribution in [0.15, 0.2) is 24.7 Å². The first-order valence-corrected chi connectivity index (χ1v) is 9.68. The average molecular weight is 382 g/mol. The number of carbonyl (C=O) groups excluding carboxylic acids is 1. The number of pyridine rings is 1. The molecule has 1 amide bonds. The van der Waals surface area contributed by atoms with Gasteiger partial charge in [0.15, 0.2) is 0 Å². The summed E-state index contributed by atoms with van der Waals surface area (Å²) in [5.41, 5.74) is 2.49. The fourth-order valence-corrected chi connectivity index (χ4v) is 3.81. The number of ether oxygens (including phenoxy) is 1. The summed E-state index contributed by atoms with van der Waals surface area (Å²) in [5, 5.41) is 0. The van der Waals surface area contributed by atoms with E-state index in [9.17, 15) is 4.79 Å². The lowest BCUT2D eigenvalue weighted by atomic mass is 10.1. The van der Waals surface area contributed by atoms with E-state index in [-0.39, 0.29) is 11.9 Å². The molecule has 0 N–H and O–H groups in total. The van der Waals surface area contributed by atoms with Gasteiger partial charge >= 0.3 is 0 Å². The van der Waals surface area contributed by atoms with E-state index in [4.69, 9.17) is 4.74 Å². The Kier molecular flexibility index (Phi) is 5.13. The van der Waals surface area contributed by atoms with E-state index in [2.05, 4.69) is 24.8 Å². The number of hydrogen-bond donors (Lipinski definition) is 0. The van der Waals surface area contributed by atoms with Crippen LogP contribution in [0.2, 0.25) is 0 Å². The topological polar surface area (TPSA) is 74.7 Å². The molecule has 1 saturated heterocycles. The van der Waals surface area contributed by atoms with Crippen LogP contribution in [0.3, 0.4) is 0 Å². The molecule has 4 heterocycles. The van der Waals surface area contributed by atoms with Crippen molar-refractivity contribution < 1.29 is 9.53 Å². The van der Waals surface area contributed by atoms with Crippen LogP contribution >= 0.6 is 0 Å². The normalized spacial score (nSPS) is 17.4. The highest BCUT2D eigenvalue weighted by molar-refractivity contribution is 5.98. The average Bonchev–Trinajstić information content (AvgIpc) is 3.04. The Labute approximate surface area is 165 Å². The summed E-state index contributed by atoms with van der Waals surface area (Å²) in [6.45, 7) is 8.91. The second-order valence-corrected chi connectivity index (χ2v) is 7.50. The third kappa shape index (κ3) is 3.52. The zero-order valence-corrected chi connectivity index (χ0v) is 16.6. The maximum absolute atomic E-state index is 12.7. The van der Waals surface area contributed by atoms with Crippen molar-refractivity contribution in [2.24, 2.45) is 0 Å². The van der Waals surface area contributed by atoms with Gasteiger partial charge in [-0.3, -0.25) is 14.7 Å². The van der Waals surface area contributed by atoms with Gasteiger partial charge in [0.2, 0.25) is 5.88 Å². The predicted molar refractivity (Wildman–Crippen MR) is 105 cm³/mol. The molecule has 148 valence electrons. The summed E-state index contributed by atoms with van der Waals surface area (Å²) >= 11 is 0. The quantitative estimate of drug-likeness (QED) is 0.777. The van der Waals surface area contributed by atoms with Crippen LogP contribution in [0.5, 0.6) is 5.88 Å². The second kappa shape index (κ2) is 7.71. The van der Waals surface area contributed by atoms with Crippen molar-refractivity contribution in [2.75, 3.05) is 38.2 Å². The van der Waals surface area contributed by atoms with E-state index in [1.165, 1.54) is 0 Å². The molecule has 28 heavy (non-hydrogen) atoms. The van der Waals surface area contributed by atoms with Gasteiger partial charge in [-0.05, 0) is 19.9 Å². The van der Waals surface area contributed by atoms with Gasteiger partial charge in [0.05, 0.1) is 31.1 Å². The third-order valence-electron chi connectivity index (χ3n) is 5.41. The van der Waals surface area contributed by atoms with Gasteiger partial charge in [-0.25, -0.2) is 9.97 Å². The Balaban J connectivity index is 1.47. The Morgan fingerprint density at radius 2 is 1.96 bits per heavy atom. The number of aromatic nitrogens is 3. The summed E-state index contributed by atoms with van der Waals surface area (Å²) < 4.78 is 5.54. The first-order valence-electron chi connectivity index (χ1n) is 9.68. The molecular weight excluding hydrogens is 356 g/mol. The van der Waals surface area contributed by atoms with Gasteiger partial charge in [-0.15, -0.1) is 0 Å². The summed E-state index contributed by atoms with van der Waals surface area (Å²) in [5.74, 6) is 1.60. The summed E-state index contributed by atoms with van der Waals surface area (Å²) in [7, 11) is 1.64. The minimum atomic E-state index is 0.0638. The van der Waals surface area contributed by atoms with Crippen molar-refractivity contribution in [1.82, 2.24) is 24.8 Å². The smallest absolute Gasteiger partial charge is 0.256 e. The predicted octanol–water partition coefficient (Wildman–Crippen LogP) is 1.57. The Morgan fingerprint density at radius 1 is 1.18 bits per heavy atom. The van der Waals surface area contributed by atoms with Crippen LogP contribution in [0.4, 0.5) is 5.82 Å². The molecule has 4 rings (SSSR count). The largest absolute Gasteiger partial charge is 0.481 e. The van der Waals surface area contributed by atoms with Crippen molar-refractivity contribution in [3.05, 3.63) is 41.5 Å². The van der Waals surface area contributed by atoms with Crippen LogP contribution in [0.1, 0.15) is 35.5 Å². The maximum Gasteiger partial charge on any atom is 0.256 e. The molecule has 1 fully saturated rings. The number of rotatable bonds is 5. The molecule has 8 heteroatoms. The number of methoxy groups -OCH3 is 1. The van der Waals surface area contributed by atoms with Crippen molar-refractivity contribution in [3.8, 4) is 5.88 Å². The molecule has 2 aromatic heterocycles. The highest BCUT2D eigenvalue weighted by atomic mass is 16.5. The van der Waals surface area contributed by atoms with Gasteiger partial charge in [0, 0.05) is 56.7 Å². The van der Waals surface area contributed by atoms with Gasteiger partial charge in [-0.1, -0.05) is 0 Å². The van der Waals surface area contributed by atoms with Crippen molar-refractivity contribution in [2.45, 2.75) is 33.0 Å². The summed E-state index contributed by atoms with van der Waals surface area (Å²) in [6.07, 6.45) is 5.21. The summed E-state index contributed by atoms with van der Waals surface area (Å²) in [4.78, 5) is 32.3. The van der Waals surface area contributed by atoms with E-state index in [1.807, 2.05) is 24.8 Å². The van der Waals surface area contributed by atoms with Crippen molar-refractivity contribution in [3.63, 3.8) is 0 Å². The number of nitrogens with zero attached hydrogens (tertiary/aromatic N) is 6. The first-order chi connectivity index (χ1) is 13.6. The lowest BCUT2D eigenvalue weighted by Gasteiger charge is -2.35. The van der Waals surface area contributed by atoms with Crippen molar-refractivity contribution >= 4 is 11.7 Å². The molecule has 2 aliphatic heterocycles. The third-order valence-corrected chi connectivity index (χ3v) is 5.41. The van der Waals surface area contributed by atoms with E-state index in [0.29, 0.717) is 24.5 Å². The number of carbonyl (C=O) groups is 1. The first kappa shape index (κ1) is 18.6. The summed E-state index contributed by atoms with van der Waals surface area (Å²) in [6, 6.07) is 2.13. The van der Waals surface area contributed by atoms with E-state index >= 15 is 0 Å². The molecule has 0 atom stereocenters. The fraction of sp³-hybridized carbons (Fsp3) is 0.500. The standard InChI is InChI=1S/C20H26N6O2/c1-14(2)26-13-17-16(20(26)27)10-15(19(23-17)28-3)12-24-6-8-25(9-7-24)18-11-21-4-5-22-18/h4-5,10-11,14H,6-9,12-13H2,1-3H3. The molecule has 0 aromatic carbocycles. The lowest BCUT2D eigenvalue weighted by Crippen LogP contribution is -2.46. The zero-order valence-electron chi connectivity index (χ0n) is 16.6. The van der Waals surface area contributed by atoms with E-state index in [0.717, 1.165) is 43.3 Å². The molecule has 0 unspecified atom stereocenters. The van der Waals surface area contributed by atoms with Crippen molar-refractivity contribution in [1.29, 1.82) is 0 Å². The molecule has 2 aromatic rings. The SMILES string of the molecule is COc1nc2c(cc1CN1CCN(c3cnccn3)CC1)C(=O)N(C(C)C)C2. The minimum absolute atomic E-state index is 0.0638. The van der Waals surface area contributed by atoms with E-state index in [1.54, 1.807) is 25.7 Å². The number of anilines is 1. The lowest BCUT2D eigenvalue weighted by molar-refractivity contribution is 0.0730. The highest BCUT2D eigenvalue weighted by Gasteiger charge is 2.32. The molecule has 2 aliphatic rings. The molecule has 0 aliphatic carbocycles. The van der Waals surface area contributed by atoms with Gasteiger partial charge in [0.25, 0.3) is 5.91 Å². The highest BCUT2D eigenvalue weighted by Crippen LogP contribution is 2.29. The van der Waals surface area contributed by atoms with E-state index < -0.39 is 0 Å². The monoisotopic (exact) mass is 382 g/mol. The van der Waals surface area contributed by atoms with Crippen LogP contribution in [-0.4, -0.2) is 70.0 Å². The van der Waals surface area contributed by atoms with Crippen LogP contribution in [0.25, 0.3) is 0 Å². The molecule has 8 nitrogen and oxygen atoms in total. The Hall–Kier alpha value is -2.74. The van der Waals surface area contributed by atoms with Crippen LogP contribution < -0.4 is 9.64 Å². The molecule has 0 radical (unpaired) electrons. The Morgan fingerprint density at radius 3 is 2.61 bits per heavy atom. The zero-order chi connectivity index (χ0) is 19.7. The Bertz CT molecular complexity index is 849. The number of piperazine rings is 1. The minimum Gasteiger partial charge on any atom is -0.481 e. The van der Waals surface area contributed by atoms with Gasteiger partial charge in [0.1, 0.15) is 5.82 Å². The number of amides is 1. The fourth-order valence-electron chi connectivity index (χ4n) is 3.81. The van der Waals surface area contributed by atoms with Crippen LogP contribution in [-0.2, 0) is 13.1 Å².